The van der Waals surface area contributed by atoms with Crippen molar-refractivity contribution in [1.29, 1.82) is 0 Å². The molecule has 1 aromatic rings. The molecule has 0 aliphatic heterocycles. The number of unbranched alkanes of at least 4 members (excludes halogenated alkanes) is 6. The maximum Gasteiger partial charge on any atom is 0.105 e. The molecule has 0 spiro atoms. The van der Waals surface area contributed by atoms with Gasteiger partial charge in [-0.05, 0) is 19.4 Å². The summed E-state index contributed by atoms with van der Waals surface area (Å²) in [5.41, 5.74) is 4.09. The van der Waals surface area contributed by atoms with Crippen LogP contribution in [-0.2, 0) is 0 Å². The van der Waals surface area contributed by atoms with E-state index in [4.69, 9.17) is 10.3 Å². The van der Waals surface area contributed by atoms with Gasteiger partial charge in [-0.2, -0.15) is 0 Å². The van der Waals surface area contributed by atoms with Crippen LogP contribution in [0.5, 0.6) is 0 Å². The van der Waals surface area contributed by atoms with Gasteiger partial charge in [0, 0.05) is 11.6 Å². The fourth-order valence-corrected chi connectivity index (χ4v) is 2.39. The maximum atomic E-state index is 5.62. The highest BCUT2D eigenvalue weighted by molar-refractivity contribution is 5.19. The Labute approximate surface area is 111 Å². The summed E-state index contributed by atoms with van der Waals surface area (Å²) in [5, 5.41) is 0. The Morgan fingerprint density at radius 3 is 2.39 bits per heavy atom. The molecular weight excluding hydrogens is 224 g/mol. The Morgan fingerprint density at radius 2 is 1.83 bits per heavy atom. The summed E-state index contributed by atoms with van der Waals surface area (Å²) < 4.78 is 5.32. The van der Waals surface area contributed by atoms with Gasteiger partial charge in [0.25, 0.3) is 0 Å². The minimum atomic E-state index is 0.236. The quantitative estimate of drug-likeness (QED) is 0.372. The smallest absolute Gasteiger partial charge is 0.105 e. The lowest BCUT2D eigenvalue weighted by Crippen LogP contribution is -2.28. The molecule has 0 bridgehead atoms. The monoisotopic (exact) mass is 252 g/mol. The predicted molar refractivity (Wildman–Crippen MR) is 76.1 cm³/mol. The number of hydrogen-bond acceptors (Lipinski definition) is 3. The Kier molecular flexibility index (Phi) is 7.78. The van der Waals surface area contributed by atoms with Gasteiger partial charge in [0.15, 0.2) is 0 Å². The van der Waals surface area contributed by atoms with Gasteiger partial charge in [-0.15, -0.1) is 0 Å². The molecule has 1 rings (SSSR count). The summed E-state index contributed by atoms with van der Waals surface area (Å²) >= 11 is 0. The van der Waals surface area contributed by atoms with Crippen LogP contribution in [0.4, 0.5) is 0 Å². The van der Waals surface area contributed by atoms with Crippen molar-refractivity contribution in [3.05, 3.63) is 23.7 Å². The van der Waals surface area contributed by atoms with Crippen molar-refractivity contribution in [2.24, 2.45) is 5.84 Å². The van der Waals surface area contributed by atoms with Crippen LogP contribution in [0.2, 0.25) is 0 Å². The fraction of sp³-hybridized carbons (Fsp3) is 0.733. The largest absolute Gasteiger partial charge is 0.469 e. The number of hydrazine groups is 1. The van der Waals surface area contributed by atoms with Crippen molar-refractivity contribution in [3.8, 4) is 0 Å². The van der Waals surface area contributed by atoms with E-state index in [0.29, 0.717) is 0 Å². The zero-order valence-corrected chi connectivity index (χ0v) is 11.9. The standard InChI is InChI=1S/C15H28N2O/c1-3-4-5-6-7-8-9-10-15(17-16)14-11-12-18-13(14)2/h11-12,15,17H,3-10,16H2,1-2H3. The van der Waals surface area contributed by atoms with Crippen molar-refractivity contribution >= 4 is 0 Å². The number of nitrogens with two attached hydrogens (primary N) is 1. The molecule has 0 saturated carbocycles. The molecule has 3 nitrogen and oxygen atoms in total. The molecule has 3 N–H and O–H groups in total. The molecule has 0 fully saturated rings. The van der Waals surface area contributed by atoms with E-state index in [1.807, 2.05) is 13.0 Å². The highest BCUT2D eigenvalue weighted by Gasteiger charge is 2.13. The minimum absolute atomic E-state index is 0.236. The van der Waals surface area contributed by atoms with Gasteiger partial charge in [0.05, 0.1) is 6.26 Å². The zero-order chi connectivity index (χ0) is 13.2. The predicted octanol–water partition coefficient (Wildman–Crippen LogP) is 4.23. The van der Waals surface area contributed by atoms with Gasteiger partial charge in [0.2, 0.25) is 0 Å². The number of rotatable bonds is 10. The molecule has 1 unspecified atom stereocenters. The van der Waals surface area contributed by atoms with E-state index in [2.05, 4.69) is 12.3 Å². The van der Waals surface area contributed by atoms with E-state index in [0.717, 1.165) is 12.2 Å². The van der Waals surface area contributed by atoms with E-state index in [9.17, 15) is 0 Å². The summed E-state index contributed by atoms with van der Waals surface area (Å²) in [6.45, 7) is 4.25. The van der Waals surface area contributed by atoms with E-state index >= 15 is 0 Å². The molecule has 1 aromatic heterocycles. The minimum Gasteiger partial charge on any atom is -0.469 e. The maximum absolute atomic E-state index is 5.62. The summed E-state index contributed by atoms with van der Waals surface area (Å²) in [7, 11) is 0. The normalized spacial score (nSPS) is 12.8. The average Bonchev–Trinajstić information content (AvgIpc) is 2.79. The van der Waals surface area contributed by atoms with Crippen molar-refractivity contribution in [1.82, 2.24) is 5.43 Å². The van der Waals surface area contributed by atoms with Crippen LogP contribution in [0.3, 0.4) is 0 Å². The molecule has 3 heteroatoms. The highest BCUT2D eigenvalue weighted by atomic mass is 16.3. The molecule has 1 heterocycles. The molecule has 0 saturated heterocycles. The van der Waals surface area contributed by atoms with Crippen LogP contribution in [0.25, 0.3) is 0 Å². The summed E-state index contributed by atoms with van der Waals surface area (Å²) in [5.74, 6) is 6.59. The Hall–Kier alpha value is -0.800. The van der Waals surface area contributed by atoms with Gasteiger partial charge in [-0.1, -0.05) is 51.9 Å². The summed E-state index contributed by atoms with van der Waals surface area (Å²) in [4.78, 5) is 0. The van der Waals surface area contributed by atoms with Crippen LogP contribution in [0.15, 0.2) is 16.7 Å². The molecule has 0 radical (unpaired) electrons. The van der Waals surface area contributed by atoms with Crippen LogP contribution < -0.4 is 11.3 Å². The topological polar surface area (TPSA) is 51.2 Å². The Bertz CT molecular complexity index is 309. The van der Waals surface area contributed by atoms with Gasteiger partial charge in [-0.3, -0.25) is 11.3 Å². The van der Waals surface area contributed by atoms with Crippen molar-refractivity contribution in [2.45, 2.75) is 71.3 Å². The molecule has 0 aromatic carbocycles. The zero-order valence-electron chi connectivity index (χ0n) is 11.9. The Balaban J connectivity index is 2.15. The van der Waals surface area contributed by atoms with Crippen LogP contribution in [0.1, 0.15) is 75.7 Å². The number of nitrogens with one attached hydrogen (secondary N) is 1. The van der Waals surface area contributed by atoms with E-state index in [1.165, 1.54) is 50.5 Å². The molecule has 1 atom stereocenters. The van der Waals surface area contributed by atoms with Crippen molar-refractivity contribution in [3.63, 3.8) is 0 Å². The second kappa shape index (κ2) is 9.17. The second-order valence-corrected chi connectivity index (χ2v) is 5.06. The molecule has 0 aliphatic carbocycles. The molecule has 18 heavy (non-hydrogen) atoms. The molecular formula is C15H28N2O. The summed E-state index contributed by atoms with van der Waals surface area (Å²) in [6.07, 6.45) is 12.2. The number of furan rings is 1. The first-order valence-corrected chi connectivity index (χ1v) is 7.29. The van der Waals surface area contributed by atoms with Crippen molar-refractivity contribution in [2.75, 3.05) is 0 Å². The fourth-order valence-electron chi connectivity index (χ4n) is 2.39. The Morgan fingerprint density at radius 1 is 1.17 bits per heavy atom. The first-order chi connectivity index (χ1) is 8.79. The molecule has 0 aliphatic rings. The van der Waals surface area contributed by atoms with E-state index in [-0.39, 0.29) is 6.04 Å². The molecule has 0 amide bonds. The third kappa shape index (κ3) is 5.23. The third-order valence-electron chi connectivity index (χ3n) is 3.57. The first kappa shape index (κ1) is 15.3. The lowest BCUT2D eigenvalue weighted by Gasteiger charge is -2.15. The lowest BCUT2D eigenvalue weighted by molar-refractivity contribution is 0.461. The van der Waals surface area contributed by atoms with Gasteiger partial charge in [0.1, 0.15) is 5.76 Å². The highest BCUT2D eigenvalue weighted by Crippen LogP contribution is 2.23. The van der Waals surface area contributed by atoms with E-state index < -0.39 is 0 Å². The van der Waals surface area contributed by atoms with Gasteiger partial charge in [-0.25, -0.2) is 0 Å². The molecule has 104 valence electrons. The van der Waals surface area contributed by atoms with Crippen LogP contribution >= 0.6 is 0 Å². The second-order valence-electron chi connectivity index (χ2n) is 5.06. The summed E-state index contributed by atoms with van der Waals surface area (Å²) in [6, 6.07) is 2.25. The van der Waals surface area contributed by atoms with Crippen LogP contribution in [-0.4, -0.2) is 0 Å². The first-order valence-electron chi connectivity index (χ1n) is 7.29. The van der Waals surface area contributed by atoms with Crippen LogP contribution in [0, 0.1) is 6.92 Å². The number of aryl methyl sites for hydroxylation is 1. The number of hydrogen-bond donors (Lipinski definition) is 2. The lowest BCUT2D eigenvalue weighted by atomic mass is 10.0. The third-order valence-corrected chi connectivity index (χ3v) is 3.57. The van der Waals surface area contributed by atoms with E-state index in [1.54, 1.807) is 6.26 Å². The van der Waals surface area contributed by atoms with Crippen molar-refractivity contribution < 1.29 is 4.42 Å². The SMILES string of the molecule is CCCCCCCCCC(NN)c1ccoc1C. The average molecular weight is 252 g/mol. The van der Waals surface area contributed by atoms with Gasteiger partial charge < -0.3 is 4.42 Å². The van der Waals surface area contributed by atoms with Gasteiger partial charge >= 0.3 is 0 Å².